The third-order valence-corrected chi connectivity index (χ3v) is 4.79. The van der Waals surface area contributed by atoms with E-state index in [2.05, 4.69) is 4.98 Å². The molecular formula is C21H18N4O9. The number of benzene rings is 2. The SMILES string of the molecule is N[C@@H](Cc1cc([N+](=O)[O-])c(Oc2ccc(O)c(Cc3ccc(=O)[nH]c3)c2)c([N+](=O)[O-])c1)C(=O)O. The van der Waals surface area contributed by atoms with Crippen molar-refractivity contribution in [3.05, 3.63) is 95.9 Å². The van der Waals surface area contributed by atoms with Crippen molar-refractivity contribution in [2.45, 2.75) is 18.9 Å². The van der Waals surface area contributed by atoms with Crippen LogP contribution in [0, 0.1) is 20.2 Å². The van der Waals surface area contributed by atoms with Crippen molar-refractivity contribution in [2.75, 3.05) is 0 Å². The number of aromatic hydroxyl groups is 1. The molecule has 0 saturated heterocycles. The molecule has 0 aliphatic heterocycles. The third kappa shape index (κ3) is 5.52. The lowest BCUT2D eigenvalue weighted by Crippen LogP contribution is -2.32. The molecule has 0 aliphatic carbocycles. The maximum Gasteiger partial charge on any atom is 0.320 e. The quantitative estimate of drug-likeness (QED) is 0.264. The van der Waals surface area contributed by atoms with Gasteiger partial charge in [0, 0.05) is 36.4 Å². The van der Waals surface area contributed by atoms with Gasteiger partial charge < -0.3 is 25.7 Å². The molecule has 1 heterocycles. The van der Waals surface area contributed by atoms with Gasteiger partial charge in [-0.2, -0.15) is 0 Å². The van der Waals surface area contributed by atoms with E-state index in [4.69, 9.17) is 15.6 Å². The maximum atomic E-state index is 11.6. The summed E-state index contributed by atoms with van der Waals surface area (Å²) in [4.78, 5) is 46.2. The van der Waals surface area contributed by atoms with Crippen molar-refractivity contribution >= 4 is 17.3 Å². The summed E-state index contributed by atoms with van der Waals surface area (Å²) in [6, 6.07) is 7.24. The number of ether oxygens (including phenoxy) is 1. The second-order valence-corrected chi connectivity index (χ2v) is 7.26. The van der Waals surface area contributed by atoms with E-state index in [9.17, 15) is 34.9 Å². The zero-order chi connectivity index (χ0) is 25.0. The van der Waals surface area contributed by atoms with Crippen LogP contribution in [0.3, 0.4) is 0 Å². The number of hydrogen-bond donors (Lipinski definition) is 4. The number of carboxylic acids is 1. The van der Waals surface area contributed by atoms with E-state index in [0.29, 0.717) is 11.1 Å². The Kier molecular flexibility index (Phi) is 6.87. The first-order chi connectivity index (χ1) is 16.0. The summed E-state index contributed by atoms with van der Waals surface area (Å²) in [5, 5.41) is 42.4. The van der Waals surface area contributed by atoms with Crippen molar-refractivity contribution in [2.24, 2.45) is 5.73 Å². The highest BCUT2D eigenvalue weighted by Gasteiger charge is 2.30. The molecule has 1 atom stereocenters. The molecule has 2 aromatic carbocycles. The number of nitro benzene ring substituents is 2. The molecule has 3 rings (SSSR count). The van der Waals surface area contributed by atoms with Crippen LogP contribution in [0.4, 0.5) is 11.4 Å². The van der Waals surface area contributed by atoms with Crippen LogP contribution in [0.2, 0.25) is 0 Å². The summed E-state index contributed by atoms with van der Waals surface area (Å²) in [7, 11) is 0. The van der Waals surface area contributed by atoms with Crippen molar-refractivity contribution in [1.29, 1.82) is 0 Å². The molecule has 0 fully saturated rings. The van der Waals surface area contributed by atoms with Crippen LogP contribution in [-0.2, 0) is 17.6 Å². The van der Waals surface area contributed by atoms with Gasteiger partial charge in [0.15, 0.2) is 0 Å². The maximum absolute atomic E-state index is 11.6. The largest absolute Gasteiger partial charge is 0.508 e. The Balaban J connectivity index is 2.01. The molecule has 13 heteroatoms. The average Bonchev–Trinajstić information content (AvgIpc) is 2.77. The van der Waals surface area contributed by atoms with E-state index in [1.54, 1.807) is 6.07 Å². The minimum absolute atomic E-state index is 0.0230. The number of nitrogens with one attached hydrogen (secondary N) is 1. The summed E-state index contributed by atoms with van der Waals surface area (Å²) in [5.41, 5.74) is 4.59. The van der Waals surface area contributed by atoms with Crippen molar-refractivity contribution in [3.8, 4) is 17.2 Å². The molecule has 34 heavy (non-hydrogen) atoms. The lowest BCUT2D eigenvalue weighted by Gasteiger charge is -2.12. The highest BCUT2D eigenvalue weighted by molar-refractivity contribution is 5.74. The Bertz CT molecular complexity index is 1280. The molecule has 0 bridgehead atoms. The van der Waals surface area contributed by atoms with Gasteiger partial charge in [-0.15, -0.1) is 0 Å². The van der Waals surface area contributed by atoms with Gasteiger partial charge in [-0.3, -0.25) is 29.8 Å². The Morgan fingerprint density at radius 1 is 1.06 bits per heavy atom. The number of pyridine rings is 1. The number of carbonyl (C=O) groups is 1. The van der Waals surface area contributed by atoms with E-state index in [-0.39, 0.29) is 35.5 Å². The van der Waals surface area contributed by atoms with Crippen LogP contribution in [0.1, 0.15) is 16.7 Å². The first-order valence-corrected chi connectivity index (χ1v) is 9.66. The summed E-state index contributed by atoms with van der Waals surface area (Å²) in [5.74, 6) is -2.19. The molecule has 0 unspecified atom stereocenters. The number of hydrogen-bond acceptors (Lipinski definition) is 9. The fourth-order valence-electron chi connectivity index (χ4n) is 3.15. The zero-order valence-electron chi connectivity index (χ0n) is 17.3. The van der Waals surface area contributed by atoms with Crippen molar-refractivity contribution in [1.82, 2.24) is 4.98 Å². The lowest BCUT2D eigenvalue weighted by molar-refractivity contribution is -0.395. The van der Waals surface area contributed by atoms with Crippen LogP contribution < -0.4 is 16.0 Å². The van der Waals surface area contributed by atoms with E-state index in [1.807, 2.05) is 0 Å². The number of nitrogens with zero attached hydrogens (tertiary/aromatic N) is 2. The predicted octanol–water partition coefficient (Wildman–Crippen LogP) is 2.23. The second kappa shape index (κ2) is 9.79. The number of H-pyrrole nitrogens is 1. The van der Waals surface area contributed by atoms with Gasteiger partial charge in [0.05, 0.1) is 9.85 Å². The summed E-state index contributed by atoms with van der Waals surface area (Å²) >= 11 is 0. The minimum atomic E-state index is -1.42. The third-order valence-electron chi connectivity index (χ3n) is 4.79. The smallest absolute Gasteiger partial charge is 0.320 e. The van der Waals surface area contributed by atoms with Crippen LogP contribution >= 0.6 is 0 Å². The molecule has 0 radical (unpaired) electrons. The number of phenolic OH excluding ortho intramolecular Hbond substituents is 1. The number of nitro groups is 2. The van der Waals surface area contributed by atoms with Gasteiger partial charge in [-0.05, 0) is 35.7 Å². The topological polar surface area (TPSA) is 212 Å². The predicted molar refractivity (Wildman–Crippen MR) is 117 cm³/mol. The number of carboxylic acid groups (broad SMARTS) is 1. The molecular weight excluding hydrogens is 452 g/mol. The number of aromatic amines is 1. The second-order valence-electron chi connectivity index (χ2n) is 7.26. The molecule has 0 saturated carbocycles. The van der Waals surface area contributed by atoms with Gasteiger partial charge in [0.25, 0.3) is 5.75 Å². The van der Waals surface area contributed by atoms with Gasteiger partial charge in [-0.1, -0.05) is 6.07 Å². The first kappa shape index (κ1) is 23.9. The number of rotatable bonds is 9. The van der Waals surface area contributed by atoms with E-state index >= 15 is 0 Å². The monoisotopic (exact) mass is 470 g/mol. The van der Waals surface area contributed by atoms with E-state index < -0.39 is 39.0 Å². The molecule has 5 N–H and O–H groups in total. The number of aliphatic carboxylic acids is 1. The molecule has 13 nitrogen and oxygen atoms in total. The number of aromatic nitrogens is 1. The summed E-state index contributed by atoms with van der Waals surface area (Å²) in [6.45, 7) is 0. The summed E-state index contributed by atoms with van der Waals surface area (Å²) < 4.78 is 5.52. The lowest BCUT2D eigenvalue weighted by atomic mass is 10.0. The summed E-state index contributed by atoms with van der Waals surface area (Å²) in [6.07, 6.45) is 1.24. The van der Waals surface area contributed by atoms with Crippen LogP contribution in [0.25, 0.3) is 0 Å². The van der Waals surface area contributed by atoms with Gasteiger partial charge in [-0.25, -0.2) is 0 Å². The Morgan fingerprint density at radius 3 is 2.24 bits per heavy atom. The van der Waals surface area contributed by atoms with E-state index in [0.717, 1.165) is 12.1 Å². The fourth-order valence-corrected chi connectivity index (χ4v) is 3.15. The normalized spacial score (nSPS) is 11.6. The number of nitrogens with two attached hydrogens (primary N) is 1. The molecule has 1 aromatic heterocycles. The van der Waals surface area contributed by atoms with Gasteiger partial charge >= 0.3 is 17.3 Å². The average molecular weight is 470 g/mol. The highest BCUT2D eigenvalue weighted by atomic mass is 16.6. The van der Waals surface area contributed by atoms with Crippen molar-refractivity contribution < 1.29 is 29.6 Å². The standard InChI is InChI=1S/C21H18N4O9/c22-15(21(28)29)6-12-7-16(24(30)31)20(17(8-12)25(32)33)34-14-2-3-18(26)13(9-14)5-11-1-4-19(27)23-10-11/h1-4,7-10,15,26H,5-6,22H2,(H,23,27)(H,28,29)/t15-/m0/s1. The minimum Gasteiger partial charge on any atom is -0.508 e. The van der Waals surface area contributed by atoms with Gasteiger partial charge in [0.1, 0.15) is 17.5 Å². The Labute approximate surface area is 190 Å². The molecule has 3 aromatic rings. The Hall–Kier alpha value is -4.78. The fraction of sp³-hybridized carbons (Fsp3) is 0.143. The van der Waals surface area contributed by atoms with Crippen LogP contribution in [0.15, 0.2) is 53.5 Å². The van der Waals surface area contributed by atoms with Crippen LogP contribution in [0.5, 0.6) is 17.2 Å². The van der Waals surface area contributed by atoms with Crippen molar-refractivity contribution in [3.63, 3.8) is 0 Å². The van der Waals surface area contributed by atoms with E-state index in [1.165, 1.54) is 30.5 Å². The molecule has 0 amide bonds. The van der Waals surface area contributed by atoms with Gasteiger partial charge in [0.2, 0.25) is 5.56 Å². The van der Waals surface area contributed by atoms with Crippen LogP contribution in [-0.4, -0.2) is 37.1 Å². The first-order valence-electron chi connectivity index (χ1n) is 9.66. The molecule has 176 valence electrons. The molecule has 0 aliphatic rings. The Morgan fingerprint density at radius 2 is 1.71 bits per heavy atom. The zero-order valence-corrected chi connectivity index (χ0v) is 17.3. The highest BCUT2D eigenvalue weighted by Crippen LogP contribution is 2.42. The number of phenols is 1. The molecule has 0 spiro atoms.